The number of hydrogen-bond acceptors (Lipinski definition) is 4. The topological polar surface area (TPSA) is 76.7 Å². The summed E-state index contributed by atoms with van der Waals surface area (Å²) in [6.45, 7) is 1.68. The number of benzene rings is 2. The first-order chi connectivity index (χ1) is 11.5. The molecule has 2 aromatic rings. The molecule has 2 amide bonds. The lowest BCUT2D eigenvalue weighted by molar-refractivity contribution is -0.122. The monoisotopic (exact) mass is 390 g/mol. The smallest absolute Gasteiger partial charge is 0.265 e. The molecule has 1 heterocycles. The zero-order valence-electron chi connectivity index (χ0n) is 13.1. The van der Waals surface area contributed by atoms with Gasteiger partial charge in [-0.3, -0.25) is 9.59 Å². The Morgan fingerprint density at radius 1 is 1.29 bits per heavy atom. The quantitative estimate of drug-likeness (QED) is 0.841. The van der Waals surface area contributed by atoms with E-state index in [-0.39, 0.29) is 11.8 Å². The zero-order chi connectivity index (χ0) is 17.3. The van der Waals surface area contributed by atoms with E-state index in [2.05, 4.69) is 26.6 Å². The number of methoxy groups -OCH3 is 1. The van der Waals surface area contributed by atoms with Crippen LogP contribution in [0.25, 0.3) is 0 Å². The fourth-order valence-electron chi connectivity index (χ4n) is 2.30. The summed E-state index contributed by atoms with van der Waals surface area (Å²) < 4.78 is 11.3. The Bertz CT molecular complexity index is 822. The van der Waals surface area contributed by atoms with Crippen molar-refractivity contribution in [2.24, 2.45) is 0 Å². The molecule has 7 heteroatoms. The van der Waals surface area contributed by atoms with Gasteiger partial charge in [-0.05, 0) is 59.3 Å². The van der Waals surface area contributed by atoms with E-state index in [1.54, 1.807) is 50.4 Å². The molecule has 1 unspecified atom stereocenters. The van der Waals surface area contributed by atoms with E-state index in [0.717, 1.165) is 0 Å². The summed E-state index contributed by atoms with van der Waals surface area (Å²) in [7, 11) is 1.56. The van der Waals surface area contributed by atoms with Crippen LogP contribution in [0.5, 0.6) is 11.5 Å². The fourth-order valence-corrected chi connectivity index (χ4v) is 2.84. The number of hydrogen-bond donors (Lipinski definition) is 2. The number of nitrogens with one attached hydrogen (secondary N) is 2. The van der Waals surface area contributed by atoms with Crippen molar-refractivity contribution >= 4 is 39.1 Å². The minimum atomic E-state index is -0.533. The van der Waals surface area contributed by atoms with Gasteiger partial charge in [-0.15, -0.1) is 0 Å². The molecule has 0 saturated heterocycles. The van der Waals surface area contributed by atoms with E-state index in [9.17, 15) is 9.59 Å². The molecule has 2 aromatic carbocycles. The molecule has 2 N–H and O–H groups in total. The first-order valence-corrected chi connectivity index (χ1v) is 8.03. The average molecular weight is 391 g/mol. The minimum absolute atomic E-state index is 0.218. The molecular formula is C17H15BrN2O4. The summed E-state index contributed by atoms with van der Waals surface area (Å²) in [6.07, 6.45) is -0.533. The largest absolute Gasteiger partial charge is 0.496 e. The van der Waals surface area contributed by atoms with Gasteiger partial charge in [0.2, 0.25) is 0 Å². The number of carbonyl (C=O) groups is 2. The second-order valence-corrected chi connectivity index (χ2v) is 6.12. The van der Waals surface area contributed by atoms with Gasteiger partial charge in [0.25, 0.3) is 11.8 Å². The molecule has 24 heavy (non-hydrogen) atoms. The number of fused-ring (bicyclic) bond motifs is 1. The van der Waals surface area contributed by atoms with E-state index < -0.39 is 6.10 Å². The van der Waals surface area contributed by atoms with Crippen LogP contribution in [0.3, 0.4) is 0 Å². The van der Waals surface area contributed by atoms with E-state index in [1.165, 1.54) is 0 Å². The van der Waals surface area contributed by atoms with Crippen LogP contribution < -0.4 is 20.1 Å². The van der Waals surface area contributed by atoms with Gasteiger partial charge in [-0.25, -0.2) is 0 Å². The highest BCUT2D eigenvalue weighted by atomic mass is 79.9. The van der Waals surface area contributed by atoms with E-state index >= 15 is 0 Å². The highest BCUT2D eigenvalue weighted by Gasteiger charge is 2.23. The first kappa shape index (κ1) is 16.3. The van der Waals surface area contributed by atoms with Gasteiger partial charge < -0.3 is 20.1 Å². The van der Waals surface area contributed by atoms with Crippen molar-refractivity contribution < 1.29 is 19.1 Å². The normalized spacial score (nSPS) is 15.8. The van der Waals surface area contributed by atoms with Crippen molar-refractivity contribution in [1.82, 2.24) is 0 Å². The van der Waals surface area contributed by atoms with Crippen molar-refractivity contribution in [3.63, 3.8) is 0 Å². The maximum absolute atomic E-state index is 12.4. The lowest BCUT2D eigenvalue weighted by atomic mass is 10.1. The van der Waals surface area contributed by atoms with Crippen molar-refractivity contribution in [2.45, 2.75) is 13.0 Å². The molecule has 0 aliphatic carbocycles. The van der Waals surface area contributed by atoms with Gasteiger partial charge >= 0.3 is 0 Å². The molecule has 124 valence electrons. The van der Waals surface area contributed by atoms with Gasteiger partial charge in [0, 0.05) is 11.3 Å². The molecule has 0 saturated carbocycles. The predicted octanol–water partition coefficient (Wildman–Crippen LogP) is 3.43. The SMILES string of the molecule is COc1ccc(C(=O)Nc2ccc3c(c2)NC(=O)C(C)O3)cc1Br. The minimum Gasteiger partial charge on any atom is -0.496 e. The Kier molecular flexibility index (Phi) is 4.44. The van der Waals surface area contributed by atoms with Gasteiger partial charge in [-0.2, -0.15) is 0 Å². The standard InChI is InChI=1S/C17H15BrN2O4/c1-9-16(21)20-13-8-11(4-6-15(13)24-9)19-17(22)10-3-5-14(23-2)12(18)7-10/h3-9H,1-2H3,(H,19,22)(H,20,21). The molecule has 0 aromatic heterocycles. The summed E-state index contributed by atoms with van der Waals surface area (Å²) in [4.78, 5) is 24.0. The van der Waals surface area contributed by atoms with Gasteiger partial charge in [0.05, 0.1) is 17.3 Å². The summed E-state index contributed by atoms with van der Waals surface area (Å²) in [6, 6.07) is 10.2. The molecule has 1 aliphatic heterocycles. The molecule has 1 aliphatic rings. The van der Waals surface area contributed by atoms with Gasteiger partial charge in [-0.1, -0.05) is 0 Å². The summed E-state index contributed by atoms with van der Waals surface area (Å²) >= 11 is 3.35. The van der Waals surface area contributed by atoms with Crippen LogP contribution in [-0.4, -0.2) is 25.0 Å². The van der Waals surface area contributed by atoms with Crippen LogP contribution in [0.1, 0.15) is 17.3 Å². The molecular weight excluding hydrogens is 376 g/mol. The molecule has 3 rings (SSSR count). The molecule has 0 radical (unpaired) electrons. The third-order valence-electron chi connectivity index (χ3n) is 3.58. The predicted molar refractivity (Wildman–Crippen MR) is 93.8 cm³/mol. The molecule has 1 atom stereocenters. The van der Waals surface area contributed by atoms with E-state index in [4.69, 9.17) is 9.47 Å². The third-order valence-corrected chi connectivity index (χ3v) is 4.20. The Morgan fingerprint density at radius 3 is 2.79 bits per heavy atom. The van der Waals surface area contributed by atoms with E-state index in [0.29, 0.717) is 32.9 Å². The van der Waals surface area contributed by atoms with Crippen LogP contribution >= 0.6 is 15.9 Å². The molecule has 0 spiro atoms. The van der Waals surface area contributed by atoms with Crippen molar-refractivity contribution in [2.75, 3.05) is 17.7 Å². The highest BCUT2D eigenvalue weighted by Crippen LogP contribution is 2.32. The summed E-state index contributed by atoms with van der Waals surface area (Å²) in [5, 5.41) is 5.54. The lowest BCUT2D eigenvalue weighted by Gasteiger charge is -2.23. The third kappa shape index (κ3) is 3.21. The van der Waals surface area contributed by atoms with Gasteiger partial charge in [0.15, 0.2) is 6.10 Å². The first-order valence-electron chi connectivity index (χ1n) is 7.24. The maximum Gasteiger partial charge on any atom is 0.265 e. The number of halogens is 1. The Hall–Kier alpha value is -2.54. The van der Waals surface area contributed by atoms with Crippen molar-refractivity contribution in [3.8, 4) is 11.5 Å². The highest BCUT2D eigenvalue weighted by molar-refractivity contribution is 9.10. The molecule has 6 nitrogen and oxygen atoms in total. The van der Waals surface area contributed by atoms with Crippen molar-refractivity contribution in [1.29, 1.82) is 0 Å². The van der Waals surface area contributed by atoms with Crippen molar-refractivity contribution in [3.05, 3.63) is 46.4 Å². The van der Waals surface area contributed by atoms with Crippen LogP contribution in [0.15, 0.2) is 40.9 Å². The number of carbonyl (C=O) groups excluding carboxylic acids is 2. The van der Waals surface area contributed by atoms with Gasteiger partial charge in [0.1, 0.15) is 11.5 Å². The Morgan fingerprint density at radius 2 is 2.08 bits per heavy atom. The molecule has 0 fully saturated rings. The zero-order valence-corrected chi connectivity index (χ0v) is 14.6. The second kappa shape index (κ2) is 6.52. The van der Waals surface area contributed by atoms with E-state index in [1.807, 2.05) is 0 Å². The number of rotatable bonds is 3. The Labute approximate surface area is 147 Å². The Balaban J connectivity index is 1.79. The fraction of sp³-hybridized carbons (Fsp3) is 0.176. The van der Waals surface area contributed by atoms with Crippen LogP contribution in [-0.2, 0) is 4.79 Å². The number of anilines is 2. The lowest BCUT2D eigenvalue weighted by Crippen LogP contribution is -2.34. The second-order valence-electron chi connectivity index (χ2n) is 5.26. The number of amides is 2. The van der Waals surface area contributed by atoms with Crippen LogP contribution in [0.4, 0.5) is 11.4 Å². The van der Waals surface area contributed by atoms with Crippen LogP contribution in [0.2, 0.25) is 0 Å². The average Bonchev–Trinajstić information content (AvgIpc) is 2.56. The van der Waals surface area contributed by atoms with Crippen LogP contribution in [0, 0.1) is 0 Å². The maximum atomic E-state index is 12.4. The number of ether oxygens (including phenoxy) is 2. The molecule has 0 bridgehead atoms. The summed E-state index contributed by atoms with van der Waals surface area (Å²) in [5.41, 5.74) is 1.57. The summed E-state index contributed by atoms with van der Waals surface area (Å²) in [5.74, 6) is 0.737.